The van der Waals surface area contributed by atoms with Crippen molar-refractivity contribution in [3.8, 4) is 0 Å². The normalized spacial score (nSPS) is 11.2. The Kier molecular flexibility index (Phi) is 3.25. The van der Waals surface area contributed by atoms with Crippen LogP contribution in [0.25, 0.3) is 11.0 Å². The zero-order valence-electron chi connectivity index (χ0n) is 9.05. The number of aliphatic hydroxyl groups excluding tert-OH is 1. The molecule has 4 nitrogen and oxygen atoms in total. The first-order valence-corrected chi connectivity index (χ1v) is 7.16. The summed E-state index contributed by atoms with van der Waals surface area (Å²) < 4.78 is 0.767. The first-order chi connectivity index (χ1) is 8.76. The number of nitrogens with one attached hydrogen (secondary N) is 1. The van der Waals surface area contributed by atoms with Gasteiger partial charge in [0.1, 0.15) is 5.15 Å². The van der Waals surface area contributed by atoms with Crippen LogP contribution in [0.3, 0.4) is 0 Å². The Hall–Kier alpha value is -1.08. The molecule has 0 atom stereocenters. The third kappa shape index (κ3) is 2.24. The number of H-pyrrole nitrogens is 1. The maximum Gasteiger partial charge on any atom is 0.173 e. The number of thiazole rings is 1. The van der Waals surface area contributed by atoms with Crippen LogP contribution in [0.4, 0.5) is 0 Å². The number of hydrogen-bond acceptors (Lipinski definition) is 5. The lowest BCUT2D eigenvalue weighted by Gasteiger charge is -1.89. The van der Waals surface area contributed by atoms with Gasteiger partial charge in [-0.2, -0.15) is 0 Å². The van der Waals surface area contributed by atoms with Crippen LogP contribution in [-0.4, -0.2) is 20.1 Å². The fourth-order valence-electron chi connectivity index (χ4n) is 1.51. The topological polar surface area (TPSA) is 61.8 Å². The van der Waals surface area contributed by atoms with Gasteiger partial charge in [-0.15, -0.1) is 11.3 Å². The second-order valence-corrected chi connectivity index (χ2v) is 6.19. The van der Waals surface area contributed by atoms with Gasteiger partial charge >= 0.3 is 0 Å². The highest BCUT2D eigenvalue weighted by atomic mass is 35.5. The fraction of sp³-hybridized carbons (Fsp3) is 0.0909. The van der Waals surface area contributed by atoms with E-state index in [1.165, 1.54) is 23.1 Å². The summed E-state index contributed by atoms with van der Waals surface area (Å²) in [6.07, 6.45) is 0. The van der Waals surface area contributed by atoms with E-state index >= 15 is 0 Å². The Labute approximate surface area is 116 Å². The van der Waals surface area contributed by atoms with Crippen LogP contribution in [-0.2, 0) is 6.61 Å². The number of fused-ring (bicyclic) bond motifs is 1. The average molecular weight is 298 g/mol. The molecule has 0 saturated heterocycles. The molecule has 0 fully saturated rings. The van der Waals surface area contributed by atoms with Gasteiger partial charge in [0.25, 0.3) is 0 Å². The van der Waals surface area contributed by atoms with Gasteiger partial charge in [0, 0.05) is 0 Å². The van der Waals surface area contributed by atoms with Crippen molar-refractivity contribution < 1.29 is 5.11 Å². The molecule has 3 aromatic rings. The van der Waals surface area contributed by atoms with Crippen LogP contribution < -0.4 is 0 Å². The van der Waals surface area contributed by atoms with Gasteiger partial charge < -0.3 is 10.1 Å². The first kappa shape index (κ1) is 12.0. The lowest BCUT2D eigenvalue weighted by molar-refractivity contribution is 0.285. The number of nitrogens with zero attached hydrogens (tertiary/aromatic N) is 2. The molecule has 0 amide bonds. The molecule has 2 heterocycles. The van der Waals surface area contributed by atoms with Gasteiger partial charge in [0.15, 0.2) is 9.50 Å². The maximum atomic E-state index is 9.07. The molecule has 2 aromatic heterocycles. The molecule has 0 aliphatic rings. The van der Waals surface area contributed by atoms with Crippen molar-refractivity contribution in [2.45, 2.75) is 16.1 Å². The Bertz CT molecular complexity index is 661. The minimum Gasteiger partial charge on any atom is -0.391 e. The summed E-state index contributed by atoms with van der Waals surface area (Å²) in [5.41, 5.74) is 1.91. The van der Waals surface area contributed by atoms with Crippen LogP contribution in [0.1, 0.15) is 4.88 Å². The number of aliphatic hydroxyl groups is 1. The quantitative estimate of drug-likeness (QED) is 0.778. The second kappa shape index (κ2) is 4.89. The third-order valence-electron chi connectivity index (χ3n) is 2.33. The largest absolute Gasteiger partial charge is 0.391 e. The monoisotopic (exact) mass is 297 g/mol. The predicted molar refractivity (Wildman–Crippen MR) is 73.3 cm³/mol. The van der Waals surface area contributed by atoms with Gasteiger partial charge in [-0.3, -0.25) is 0 Å². The Morgan fingerprint density at radius 2 is 2.17 bits per heavy atom. The SMILES string of the molecule is OCc1sc(Sc2nc3ccccc3[nH]2)nc1Cl. The van der Waals surface area contributed by atoms with E-state index in [9.17, 15) is 0 Å². The second-order valence-electron chi connectivity index (χ2n) is 3.51. The number of imidazole rings is 1. The molecular weight excluding hydrogens is 290 g/mol. The third-order valence-corrected chi connectivity index (χ3v) is 4.74. The molecule has 1 aromatic carbocycles. The zero-order chi connectivity index (χ0) is 12.5. The van der Waals surface area contributed by atoms with Gasteiger partial charge in [0.05, 0.1) is 22.5 Å². The molecule has 0 aliphatic carbocycles. The smallest absolute Gasteiger partial charge is 0.173 e. The highest BCUT2D eigenvalue weighted by Crippen LogP contribution is 2.34. The van der Waals surface area contributed by atoms with E-state index in [0.29, 0.717) is 10.0 Å². The molecule has 18 heavy (non-hydrogen) atoms. The van der Waals surface area contributed by atoms with E-state index in [1.54, 1.807) is 0 Å². The van der Waals surface area contributed by atoms with E-state index in [2.05, 4.69) is 15.0 Å². The maximum absolute atomic E-state index is 9.07. The number of benzene rings is 1. The molecule has 3 rings (SSSR count). The Morgan fingerprint density at radius 1 is 1.33 bits per heavy atom. The van der Waals surface area contributed by atoms with E-state index < -0.39 is 0 Å². The Balaban J connectivity index is 1.91. The number of halogens is 1. The van der Waals surface area contributed by atoms with E-state index in [-0.39, 0.29) is 6.61 Å². The van der Waals surface area contributed by atoms with Crippen LogP contribution in [0.15, 0.2) is 33.8 Å². The van der Waals surface area contributed by atoms with E-state index in [0.717, 1.165) is 20.5 Å². The fourth-order valence-corrected chi connectivity index (χ4v) is 3.73. The molecular formula is C11H8ClN3OS2. The number of para-hydroxylation sites is 2. The molecule has 0 aliphatic heterocycles. The summed E-state index contributed by atoms with van der Waals surface area (Å²) in [5, 5.41) is 10.2. The molecule has 7 heteroatoms. The first-order valence-electron chi connectivity index (χ1n) is 5.15. The summed E-state index contributed by atoms with van der Waals surface area (Å²) >= 11 is 8.67. The van der Waals surface area contributed by atoms with Gasteiger partial charge in [-0.1, -0.05) is 23.7 Å². The lowest BCUT2D eigenvalue weighted by Crippen LogP contribution is -1.75. The van der Waals surface area contributed by atoms with Crippen molar-refractivity contribution in [3.05, 3.63) is 34.3 Å². The van der Waals surface area contributed by atoms with Crippen molar-refractivity contribution in [3.63, 3.8) is 0 Å². The van der Waals surface area contributed by atoms with Gasteiger partial charge in [0.2, 0.25) is 0 Å². The summed E-state index contributed by atoms with van der Waals surface area (Å²) in [7, 11) is 0. The molecule has 0 saturated carbocycles. The molecule has 2 N–H and O–H groups in total. The summed E-state index contributed by atoms with van der Waals surface area (Å²) in [4.78, 5) is 12.5. The summed E-state index contributed by atoms with van der Waals surface area (Å²) in [6, 6.07) is 7.82. The number of rotatable bonds is 3. The minimum absolute atomic E-state index is 0.0861. The van der Waals surface area contributed by atoms with Crippen LogP contribution in [0.5, 0.6) is 0 Å². The molecule has 0 radical (unpaired) electrons. The van der Waals surface area contributed by atoms with Crippen molar-refractivity contribution >= 4 is 45.7 Å². The van der Waals surface area contributed by atoms with Crippen molar-refractivity contribution in [1.29, 1.82) is 0 Å². The molecule has 92 valence electrons. The average Bonchev–Trinajstić information content (AvgIpc) is 2.92. The minimum atomic E-state index is -0.0861. The highest BCUT2D eigenvalue weighted by Gasteiger charge is 2.11. The number of aromatic amines is 1. The van der Waals surface area contributed by atoms with Crippen molar-refractivity contribution in [2.24, 2.45) is 0 Å². The van der Waals surface area contributed by atoms with Crippen molar-refractivity contribution in [1.82, 2.24) is 15.0 Å². The number of hydrogen-bond donors (Lipinski definition) is 2. The van der Waals surface area contributed by atoms with Crippen molar-refractivity contribution in [2.75, 3.05) is 0 Å². The Morgan fingerprint density at radius 3 is 2.89 bits per heavy atom. The summed E-state index contributed by atoms with van der Waals surface area (Å²) in [6.45, 7) is -0.0861. The van der Waals surface area contributed by atoms with Crippen LogP contribution in [0, 0.1) is 0 Å². The number of aromatic nitrogens is 3. The van der Waals surface area contributed by atoms with E-state index in [4.69, 9.17) is 16.7 Å². The van der Waals surface area contributed by atoms with Gasteiger partial charge in [-0.25, -0.2) is 9.97 Å². The highest BCUT2D eigenvalue weighted by molar-refractivity contribution is 8.00. The molecule has 0 bridgehead atoms. The summed E-state index contributed by atoms with van der Waals surface area (Å²) in [5.74, 6) is 0. The molecule has 0 unspecified atom stereocenters. The molecule has 0 spiro atoms. The van der Waals surface area contributed by atoms with Gasteiger partial charge in [-0.05, 0) is 23.9 Å². The lowest BCUT2D eigenvalue weighted by atomic mass is 10.3. The van der Waals surface area contributed by atoms with Crippen LogP contribution >= 0.6 is 34.7 Å². The zero-order valence-corrected chi connectivity index (χ0v) is 11.4. The standard InChI is InChI=1S/C11H8ClN3OS2/c12-9-8(5-16)17-11(15-9)18-10-13-6-3-1-2-4-7(6)14-10/h1-4,16H,5H2,(H,13,14). The predicted octanol–water partition coefficient (Wildman–Crippen LogP) is 3.32. The van der Waals surface area contributed by atoms with Crippen LogP contribution in [0.2, 0.25) is 5.15 Å². The van der Waals surface area contributed by atoms with E-state index in [1.807, 2.05) is 24.3 Å².